The van der Waals surface area contributed by atoms with Gasteiger partial charge in [-0.3, -0.25) is 14.4 Å². The molecule has 5 amide bonds. The van der Waals surface area contributed by atoms with Crippen LogP contribution in [0.1, 0.15) is 20.3 Å². The number of nitrogens with two attached hydrogens (primary N) is 1. The van der Waals surface area contributed by atoms with Crippen molar-refractivity contribution in [2.24, 2.45) is 5.73 Å². The first-order valence-corrected chi connectivity index (χ1v) is 8.31. The minimum Gasteiger partial charge on any atom is -0.368 e. The van der Waals surface area contributed by atoms with E-state index in [1.807, 2.05) is 0 Å². The minimum absolute atomic E-state index is 0.268. The second kappa shape index (κ2) is 9.59. The Labute approximate surface area is 153 Å². The fourth-order valence-electron chi connectivity index (χ4n) is 2.75. The Morgan fingerprint density at radius 1 is 1.31 bits per heavy atom. The molecule has 9 heteroatoms. The van der Waals surface area contributed by atoms with Crippen LogP contribution in [-0.4, -0.2) is 72.3 Å². The molecule has 4 N–H and O–H groups in total. The van der Waals surface area contributed by atoms with Gasteiger partial charge >= 0.3 is 6.03 Å². The number of carbonyl (C=O) groups excluding carboxylic acids is 4. The highest BCUT2D eigenvalue weighted by Gasteiger charge is 2.43. The van der Waals surface area contributed by atoms with E-state index in [1.54, 1.807) is 13.8 Å². The minimum atomic E-state index is -0.906. The molecule has 0 spiro atoms. The van der Waals surface area contributed by atoms with Crippen LogP contribution in [0.5, 0.6) is 0 Å². The Balaban J connectivity index is 3.02. The zero-order valence-corrected chi connectivity index (χ0v) is 15.4. The highest BCUT2D eigenvalue weighted by Crippen LogP contribution is 2.21. The summed E-state index contributed by atoms with van der Waals surface area (Å²) in [6, 6.07) is -1.93. The lowest BCUT2D eigenvalue weighted by Gasteiger charge is -2.30. The summed E-state index contributed by atoms with van der Waals surface area (Å²) in [7, 11) is 1.43. The number of amides is 5. The number of likely N-dealkylation sites (tertiary alicyclic amines) is 1. The van der Waals surface area contributed by atoms with Gasteiger partial charge in [-0.15, -0.1) is 6.58 Å². The summed E-state index contributed by atoms with van der Waals surface area (Å²) in [5.41, 5.74) is 5.95. The average molecular weight is 365 g/mol. The maximum atomic E-state index is 12.8. The number of urea groups is 1. The molecule has 0 radical (unpaired) electrons. The highest BCUT2D eigenvalue weighted by molar-refractivity contribution is 5.95. The highest BCUT2D eigenvalue weighted by atomic mass is 16.2. The van der Waals surface area contributed by atoms with Crippen LogP contribution in [0.15, 0.2) is 24.3 Å². The Bertz CT molecular complexity index is 612. The van der Waals surface area contributed by atoms with Crippen LogP contribution < -0.4 is 16.4 Å². The van der Waals surface area contributed by atoms with E-state index in [1.165, 1.54) is 24.1 Å². The van der Waals surface area contributed by atoms with Gasteiger partial charge in [0.15, 0.2) is 0 Å². The first-order chi connectivity index (χ1) is 12.2. The zero-order valence-electron chi connectivity index (χ0n) is 15.4. The molecule has 0 aromatic heterocycles. The van der Waals surface area contributed by atoms with Crippen LogP contribution in [0.25, 0.3) is 0 Å². The molecular formula is C17H27N5O4. The second-order valence-electron chi connectivity index (χ2n) is 6.40. The summed E-state index contributed by atoms with van der Waals surface area (Å²) in [4.78, 5) is 50.9. The molecule has 26 heavy (non-hydrogen) atoms. The van der Waals surface area contributed by atoms with E-state index in [9.17, 15) is 19.2 Å². The molecule has 0 bridgehead atoms. The number of allylic oxidation sites excluding steroid dienone is 1. The molecule has 0 unspecified atom stereocenters. The molecule has 1 heterocycles. The summed E-state index contributed by atoms with van der Waals surface area (Å²) in [6.45, 7) is 7.40. The standard InChI is InChI=1S/C17H27N5O4/c1-5-7-19-17(26)20-12-6-8-22(14(24)9-11(2)3)15(12)16(25)21(4)10-13(18)23/h5,9,12,15H,1,6-8,10H2,2-4H3,(H2,18,23)(H2,19,20,26)/t12-,15-/m0/s1. The zero-order chi connectivity index (χ0) is 19.9. The third-order valence-corrected chi connectivity index (χ3v) is 3.84. The predicted octanol–water partition coefficient (Wildman–Crippen LogP) is -0.649. The monoisotopic (exact) mass is 365 g/mol. The SMILES string of the molecule is C=CCNC(=O)N[C@H]1CCN(C(=O)C=C(C)C)[C@@H]1C(=O)N(C)CC(N)=O. The van der Waals surface area contributed by atoms with Gasteiger partial charge in [0.1, 0.15) is 6.04 Å². The van der Waals surface area contributed by atoms with Crippen LogP contribution in [0.4, 0.5) is 4.79 Å². The van der Waals surface area contributed by atoms with Crippen molar-refractivity contribution in [3.05, 3.63) is 24.3 Å². The molecule has 2 atom stereocenters. The third-order valence-electron chi connectivity index (χ3n) is 3.84. The van der Waals surface area contributed by atoms with E-state index in [0.29, 0.717) is 13.0 Å². The molecule has 1 saturated heterocycles. The first-order valence-electron chi connectivity index (χ1n) is 8.31. The Morgan fingerprint density at radius 3 is 2.50 bits per heavy atom. The van der Waals surface area contributed by atoms with Gasteiger partial charge in [0, 0.05) is 26.2 Å². The maximum absolute atomic E-state index is 12.8. The van der Waals surface area contributed by atoms with Gasteiger partial charge in [-0.05, 0) is 20.3 Å². The normalized spacial score (nSPS) is 18.7. The van der Waals surface area contributed by atoms with Crippen LogP contribution in [0.2, 0.25) is 0 Å². The predicted molar refractivity (Wildman–Crippen MR) is 96.9 cm³/mol. The maximum Gasteiger partial charge on any atom is 0.315 e. The van der Waals surface area contributed by atoms with Gasteiger partial charge in [0.05, 0.1) is 12.6 Å². The summed E-state index contributed by atoms with van der Waals surface area (Å²) in [5, 5.41) is 5.29. The number of rotatable bonds is 7. The summed E-state index contributed by atoms with van der Waals surface area (Å²) >= 11 is 0. The van der Waals surface area contributed by atoms with Crippen molar-refractivity contribution in [1.82, 2.24) is 20.4 Å². The largest absolute Gasteiger partial charge is 0.368 e. The molecule has 0 aromatic rings. The average Bonchev–Trinajstić information content (AvgIpc) is 2.94. The number of hydrogen-bond donors (Lipinski definition) is 3. The van der Waals surface area contributed by atoms with Crippen molar-refractivity contribution in [1.29, 1.82) is 0 Å². The van der Waals surface area contributed by atoms with Crippen molar-refractivity contribution in [2.75, 3.05) is 26.7 Å². The van der Waals surface area contributed by atoms with E-state index in [4.69, 9.17) is 5.73 Å². The Hall–Kier alpha value is -2.84. The Morgan fingerprint density at radius 2 is 1.96 bits per heavy atom. The topological polar surface area (TPSA) is 125 Å². The van der Waals surface area contributed by atoms with Crippen molar-refractivity contribution in [2.45, 2.75) is 32.4 Å². The number of nitrogens with zero attached hydrogens (tertiary/aromatic N) is 2. The van der Waals surface area contributed by atoms with Gasteiger partial charge in [0.2, 0.25) is 17.7 Å². The van der Waals surface area contributed by atoms with E-state index in [2.05, 4.69) is 17.2 Å². The lowest BCUT2D eigenvalue weighted by Crippen LogP contribution is -2.56. The molecule has 0 aromatic carbocycles. The molecule has 0 aliphatic carbocycles. The molecule has 0 saturated carbocycles. The lowest BCUT2D eigenvalue weighted by molar-refractivity contribution is -0.142. The summed E-state index contributed by atoms with van der Waals surface area (Å²) in [5.74, 6) is -1.42. The van der Waals surface area contributed by atoms with Gasteiger partial charge in [-0.1, -0.05) is 11.6 Å². The van der Waals surface area contributed by atoms with Gasteiger partial charge < -0.3 is 26.2 Å². The number of likely N-dealkylation sites (N-methyl/N-ethyl adjacent to an activating group) is 1. The summed E-state index contributed by atoms with van der Waals surface area (Å²) in [6.07, 6.45) is 3.39. The van der Waals surface area contributed by atoms with Crippen molar-refractivity contribution < 1.29 is 19.2 Å². The third kappa shape index (κ3) is 5.91. The molecule has 1 aliphatic rings. The molecule has 144 valence electrons. The molecule has 1 fully saturated rings. The van der Waals surface area contributed by atoms with E-state index in [-0.39, 0.29) is 19.0 Å². The molecule has 9 nitrogen and oxygen atoms in total. The number of hydrogen-bond acceptors (Lipinski definition) is 4. The van der Waals surface area contributed by atoms with E-state index in [0.717, 1.165) is 10.5 Å². The van der Waals surface area contributed by atoms with Crippen molar-refractivity contribution in [3.8, 4) is 0 Å². The molecule has 1 rings (SSSR count). The van der Waals surface area contributed by atoms with Gasteiger partial charge in [0.25, 0.3) is 0 Å². The van der Waals surface area contributed by atoms with Crippen LogP contribution in [0, 0.1) is 0 Å². The number of carbonyl (C=O) groups is 4. The Kier molecular flexibility index (Phi) is 7.82. The van der Waals surface area contributed by atoms with Crippen molar-refractivity contribution in [3.63, 3.8) is 0 Å². The quantitative estimate of drug-likeness (QED) is 0.409. The fourth-order valence-corrected chi connectivity index (χ4v) is 2.75. The summed E-state index contributed by atoms with van der Waals surface area (Å²) < 4.78 is 0. The van der Waals surface area contributed by atoms with E-state index >= 15 is 0 Å². The van der Waals surface area contributed by atoms with Crippen LogP contribution in [-0.2, 0) is 14.4 Å². The van der Waals surface area contributed by atoms with Crippen LogP contribution in [0.3, 0.4) is 0 Å². The van der Waals surface area contributed by atoms with Gasteiger partial charge in [-0.25, -0.2) is 4.79 Å². The number of nitrogens with one attached hydrogen (secondary N) is 2. The van der Waals surface area contributed by atoms with Crippen LogP contribution >= 0.6 is 0 Å². The second-order valence-corrected chi connectivity index (χ2v) is 6.40. The smallest absolute Gasteiger partial charge is 0.315 e. The number of primary amides is 1. The lowest BCUT2D eigenvalue weighted by atomic mass is 10.1. The molecular weight excluding hydrogens is 338 g/mol. The molecule has 1 aliphatic heterocycles. The fraction of sp³-hybridized carbons (Fsp3) is 0.529. The van der Waals surface area contributed by atoms with Gasteiger partial charge in [-0.2, -0.15) is 0 Å². The van der Waals surface area contributed by atoms with E-state index < -0.39 is 29.9 Å². The first kappa shape index (κ1) is 21.2. The van der Waals surface area contributed by atoms with Crippen molar-refractivity contribution >= 4 is 23.8 Å².